The van der Waals surface area contributed by atoms with E-state index in [9.17, 15) is 24.0 Å². The first-order valence-electron chi connectivity index (χ1n) is 11.9. The first-order valence-corrected chi connectivity index (χ1v) is 13.0. The molecule has 0 saturated carbocycles. The molecular formula is C27H25IN2O9. The molecule has 0 aliphatic carbocycles. The molecular weight excluding hydrogens is 623 g/mol. The molecule has 4 atom stereocenters. The Hall–Kier alpha value is -3.78. The quantitative estimate of drug-likeness (QED) is 0.233. The molecule has 0 radical (unpaired) electrons. The maximum Gasteiger partial charge on any atom is 0.338 e. The van der Waals surface area contributed by atoms with E-state index in [0.717, 1.165) is 22.6 Å². The fourth-order valence-corrected chi connectivity index (χ4v) is 4.42. The van der Waals surface area contributed by atoms with E-state index in [1.165, 1.54) is 6.20 Å². The molecule has 2 heterocycles. The zero-order chi connectivity index (χ0) is 28.3. The number of carbonyl (C=O) groups is 3. The maximum absolute atomic E-state index is 13.0. The van der Waals surface area contributed by atoms with Crippen molar-refractivity contribution in [3.63, 3.8) is 0 Å². The number of ether oxygens (including phenoxy) is 4. The zero-order valence-electron chi connectivity index (χ0n) is 21.2. The van der Waals surface area contributed by atoms with Gasteiger partial charge >= 0.3 is 23.6 Å². The van der Waals surface area contributed by atoms with Crippen molar-refractivity contribution < 1.29 is 33.3 Å². The van der Waals surface area contributed by atoms with Gasteiger partial charge in [-0.1, -0.05) is 35.4 Å². The lowest BCUT2D eigenvalue weighted by atomic mass is 10.1. The van der Waals surface area contributed by atoms with Gasteiger partial charge in [-0.05, 0) is 60.7 Å². The molecule has 1 fully saturated rings. The average molecular weight is 648 g/mol. The predicted molar refractivity (Wildman–Crippen MR) is 145 cm³/mol. The molecule has 1 aromatic heterocycles. The van der Waals surface area contributed by atoms with E-state index in [1.54, 1.807) is 71.1 Å². The second kappa shape index (κ2) is 11.9. The van der Waals surface area contributed by atoms with Gasteiger partial charge in [-0.3, -0.25) is 19.1 Å². The van der Waals surface area contributed by atoms with Crippen LogP contribution in [-0.2, 0) is 23.7 Å². The SMILES string of the molecule is CC(=O)O[C@@H]1[C@H](OC(=O)c2ccc(C)cc2)[C@H](COC(=O)c2ccc(C)cc2)O[C@@H]1n1cc(I)c(=O)[nH]c1=O. The topological polar surface area (TPSA) is 143 Å². The second-order valence-corrected chi connectivity index (χ2v) is 10.1. The summed E-state index contributed by atoms with van der Waals surface area (Å²) in [6.45, 7) is 4.51. The minimum absolute atomic E-state index is 0.167. The fraction of sp³-hybridized carbons (Fsp3) is 0.296. The van der Waals surface area contributed by atoms with Crippen LogP contribution in [0.3, 0.4) is 0 Å². The van der Waals surface area contributed by atoms with Gasteiger partial charge in [0.15, 0.2) is 18.4 Å². The van der Waals surface area contributed by atoms with E-state index in [2.05, 4.69) is 4.98 Å². The molecule has 1 aliphatic heterocycles. The Kier molecular flexibility index (Phi) is 8.65. The fourth-order valence-electron chi connectivity index (χ4n) is 3.99. The number of H-pyrrole nitrogens is 1. The van der Waals surface area contributed by atoms with Gasteiger partial charge in [-0.25, -0.2) is 14.4 Å². The number of hydrogen-bond acceptors (Lipinski definition) is 9. The summed E-state index contributed by atoms with van der Waals surface area (Å²) < 4.78 is 23.9. The van der Waals surface area contributed by atoms with Crippen molar-refractivity contribution in [2.75, 3.05) is 6.61 Å². The van der Waals surface area contributed by atoms with Gasteiger partial charge in [-0.2, -0.15) is 0 Å². The van der Waals surface area contributed by atoms with Crippen molar-refractivity contribution in [3.05, 3.63) is 101 Å². The lowest BCUT2D eigenvalue weighted by Crippen LogP contribution is -2.43. The summed E-state index contributed by atoms with van der Waals surface area (Å²) in [5.74, 6) is -2.11. The lowest BCUT2D eigenvalue weighted by molar-refractivity contribution is -0.156. The first-order chi connectivity index (χ1) is 18.5. The van der Waals surface area contributed by atoms with Gasteiger partial charge < -0.3 is 18.9 Å². The van der Waals surface area contributed by atoms with Crippen LogP contribution < -0.4 is 11.2 Å². The number of halogens is 1. The summed E-state index contributed by atoms with van der Waals surface area (Å²) in [5, 5.41) is 0. The van der Waals surface area contributed by atoms with Crippen LogP contribution in [0.25, 0.3) is 0 Å². The maximum atomic E-state index is 13.0. The van der Waals surface area contributed by atoms with Gasteiger partial charge in [0.25, 0.3) is 5.56 Å². The molecule has 1 N–H and O–H groups in total. The molecule has 0 spiro atoms. The predicted octanol–water partition coefficient (Wildman–Crippen LogP) is 2.67. The normalized spacial score (nSPS) is 20.3. The number of aromatic amines is 1. The zero-order valence-corrected chi connectivity index (χ0v) is 23.4. The summed E-state index contributed by atoms with van der Waals surface area (Å²) >= 11 is 1.74. The Labute approximate surface area is 236 Å². The minimum Gasteiger partial charge on any atom is -0.459 e. The van der Waals surface area contributed by atoms with Gasteiger partial charge in [-0.15, -0.1) is 0 Å². The number of carbonyl (C=O) groups excluding carboxylic acids is 3. The molecule has 39 heavy (non-hydrogen) atoms. The van der Waals surface area contributed by atoms with Crippen LogP contribution in [0.1, 0.15) is 45.0 Å². The number of esters is 3. The van der Waals surface area contributed by atoms with Crippen LogP contribution in [0, 0.1) is 17.4 Å². The third kappa shape index (κ3) is 6.63. The molecule has 12 heteroatoms. The summed E-state index contributed by atoms with van der Waals surface area (Å²) in [6.07, 6.45) is -3.76. The Morgan fingerprint density at radius 1 is 0.897 bits per heavy atom. The molecule has 204 valence electrons. The van der Waals surface area contributed by atoms with Crippen molar-refractivity contribution in [3.8, 4) is 0 Å². The monoisotopic (exact) mass is 648 g/mol. The van der Waals surface area contributed by atoms with Crippen molar-refractivity contribution in [2.24, 2.45) is 0 Å². The summed E-state index contributed by atoms with van der Waals surface area (Å²) in [4.78, 5) is 64.5. The molecule has 0 bridgehead atoms. The number of nitrogens with zero attached hydrogens (tertiary/aromatic N) is 1. The van der Waals surface area contributed by atoms with Crippen molar-refractivity contribution in [2.45, 2.75) is 45.3 Å². The van der Waals surface area contributed by atoms with Crippen LogP contribution in [-0.4, -0.2) is 52.4 Å². The number of hydrogen-bond donors (Lipinski definition) is 1. The molecule has 0 unspecified atom stereocenters. The summed E-state index contributed by atoms with van der Waals surface area (Å²) in [5.41, 5.74) is 0.986. The number of aryl methyl sites for hydroxylation is 2. The van der Waals surface area contributed by atoms with Crippen molar-refractivity contribution in [1.29, 1.82) is 0 Å². The third-order valence-corrected chi connectivity index (χ3v) is 6.75. The van der Waals surface area contributed by atoms with Gasteiger partial charge in [0.2, 0.25) is 0 Å². The van der Waals surface area contributed by atoms with E-state index < -0.39 is 53.7 Å². The first kappa shape index (κ1) is 28.2. The number of benzene rings is 2. The van der Waals surface area contributed by atoms with Gasteiger partial charge in [0.05, 0.1) is 14.7 Å². The summed E-state index contributed by atoms with van der Waals surface area (Å²) in [7, 11) is 0. The smallest absolute Gasteiger partial charge is 0.338 e. The van der Waals surface area contributed by atoms with Crippen molar-refractivity contribution >= 4 is 40.5 Å². The van der Waals surface area contributed by atoms with E-state index in [4.69, 9.17) is 18.9 Å². The molecule has 0 amide bonds. The van der Waals surface area contributed by atoms with Crippen LogP contribution in [0.4, 0.5) is 0 Å². The Bertz CT molecular complexity index is 1500. The minimum atomic E-state index is -1.31. The van der Waals surface area contributed by atoms with Crippen LogP contribution in [0.5, 0.6) is 0 Å². The Balaban J connectivity index is 1.67. The molecule has 1 aliphatic rings. The van der Waals surface area contributed by atoms with Gasteiger partial charge in [0.1, 0.15) is 12.7 Å². The molecule has 1 saturated heterocycles. The third-order valence-electron chi connectivity index (χ3n) is 5.98. The molecule has 2 aromatic carbocycles. The van der Waals surface area contributed by atoms with E-state index in [-0.39, 0.29) is 15.7 Å². The Morgan fingerprint density at radius 2 is 1.46 bits per heavy atom. The largest absolute Gasteiger partial charge is 0.459 e. The number of aromatic nitrogens is 2. The number of nitrogens with one attached hydrogen (secondary N) is 1. The standard InChI is InChI=1S/C27H25IN2O9/c1-14-4-8-17(9-5-14)25(33)36-13-20-21(39-26(34)18-10-6-15(2)7-11-18)22(37-16(3)31)24(38-20)30-12-19(28)23(32)29-27(30)35/h4-12,20-22,24H,13H2,1-3H3,(H,29,32,35)/t20-,21+,22+,24-/m0/s1. The molecule has 11 nitrogen and oxygen atoms in total. The highest BCUT2D eigenvalue weighted by Crippen LogP contribution is 2.34. The highest BCUT2D eigenvalue weighted by Gasteiger charge is 2.51. The molecule has 3 aromatic rings. The average Bonchev–Trinajstić information content (AvgIpc) is 3.21. The number of rotatable bonds is 7. The van der Waals surface area contributed by atoms with E-state index in [0.29, 0.717) is 5.56 Å². The van der Waals surface area contributed by atoms with Gasteiger partial charge in [0, 0.05) is 13.1 Å². The van der Waals surface area contributed by atoms with Crippen LogP contribution in [0.15, 0.2) is 64.3 Å². The lowest BCUT2D eigenvalue weighted by Gasteiger charge is -2.24. The summed E-state index contributed by atoms with van der Waals surface area (Å²) in [6, 6.07) is 13.3. The van der Waals surface area contributed by atoms with Crippen LogP contribution in [0.2, 0.25) is 0 Å². The second-order valence-electron chi connectivity index (χ2n) is 8.98. The highest BCUT2D eigenvalue weighted by molar-refractivity contribution is 14.1. The van der Waals surface area contributed by atoms with Crippen LogP contribution >= 0.6 is 22.6 Å². The van der Waals surface area contributed by atoms with Crippen molar-refractivity contribution in [1.82, 2.24) is 9.55 Å². The highest BCUT2D eigenvalue weighted by atomic mass is 127. The van der Waals surface area contributed by atoms with E-state index in [1.807, 2.05) is 13.8 Å². The Morgan fingerprint density at radius 3 is 2.03 bits per heavy atom. The van der Waals surface area contributed by atoms with E-state index >= 15 is 0 Å². The molecule has 4 rings (SSSR count).